The molecule has 0 fully saturated rings. The Balaban J connectivity index is 2.20. The fraction of sp³-hybridized carbons (Fsp3) is 0.438. The van der Waals surface area contributed by atoms with Crippen LogP contribution in [0.5, 0.6) is 0 Å². The predicted octanol–water partition coefficient (Wildman–Crippen LogP) is 6.15. The van der Waals surface area contributed by atoms with E-state index in [0.717, 1.165) is 54.2 Å². The average Bonchev–Trinajstić information content (AvgIpc) is 3.38. The largest absolute Gasteiger partial charge is 0.499 e. The van der Waals surface area contributed by atoms with Crippen LogP contribution in [0.2, 0.25) is 0 Å². The summed E-state index contributed by atoms with van der Waals surface area (Å²) in [5.74, 6) is 0.333. The van der Waals surface area contributed by atoms with Gasteiger partial charge < -0.3 is 24.4 Å². The number of nitrogens with zero attached hydrogens (tertiary/aromatic N) is 4. The van der Waals surface area contributed by atoms with Crippen molar-refractivity contribution in [2.75, 3.05) is 40.8 Å². The smallest absolute Gasteiger partial charge is 0.271 e. The summed E-state index contributed by atoms with van der Waals surface area (Å²) in [6.07, 6.45) is 16.2. The molecule has 0 saturated carbocycles. The number of carbonyl (C=O) groups excluding carboxylic acids is 1. The lowest BCUT2D eigenvalue weighted by Crippen LogP contribution is -2.44. The molecule has 1 aromatic heterocycles. The molecule has 0 aliphatic carbocycles. The first-order valence-electron chi connectivity index (χ1n) is 13.7. The van der Waals surface area contributed by atoms with Crippen molar-refractivity contribution in [3.63, 3.8) is 0 Å². The number of allylic oxidation sites excluding steroid dienone is 11. The molecule has 0 spiro atoms. The molecule has 0 aromatic carbocycles. The Labute approximate surface area is 239 Å². The lowest BCUT2D eigenvalue weighted by molar-refractivity contribution is -0.125. The van der Waals surface area contributed by atoms with Crippen molar-refractivity contribution in [1.82, 2.24) is 24.7 Å². The van der Waals surface area contributed by atoms with E-state index < -0.39 is 5.83 Å². The van der Waals surface area contributed by atoms with E-state index in [4.69, 9.17) is 4.74 Å². The van der Waals surface area contributed by atoms with Crippen LogP contribution >= 0.6 is 0 Å². The fourth-order valence-electron chi connectivity index (χ4n) is 4.52. The number of amides is 1. The van der Waals surface area contributed by atoms with Crippen LogP contribution in [0.1, 0.15) is 52.3 Å². The zero-order valence-corrected chi connectivity index (χ0v) is 25.4. The van der Waals surface area contributed by atoms with Gasteiger partial charge in [-0.3, -0.25) is 4.79 Å². The number of ether oxygens (including phenoxy) is 1. The van der Waals surface area contributed by atoms with Crippen molar-refractivity contribution in [2.45, 2.75) is 53.5 Å². The number of aromatic nitrogens is 2. The highest BCUT2D eigenvalue weighted by Gasteiger charge is 2.26. The summed E-state index contributed by atoms with van der Waals surface area (Å²) in [6.45, 7) is 15.8. The molecular weight excluding hydrogens is 505 g/mol. The highest BCUT2D eigenvalue weighted by Crippen LogP contribution is 2.25. The van der Waals surface area contributed by atoms with Crippen molar-refractivity contribution in [2.24, 2.45) is 0 Å². The number of aryl methyl sites for hydroxylation is 1. The minimum Gasteiger partial charge on any atom is -0.499 e. The number of rotatable bonds is 13. The lowest BCUT2D eigenvalue weighted by atomic mass is 10.0. The number of imidazole rings is 1. The number of carbonyl (C=O) groups is 1. The molecule has 1 atom stereocenters. The number of nitrogens with one attached hydrogen (secondary N) is 1. The van der Waals surface area contributed by atoms with E-state index in [1.807, 2.05) is 37.9 Å². The Morgan fingerprint density at radius 1 is 1.30 bits per heavy atom. The third kappa shape index (κ3) is 9.14. The first-order chi connectivity index (χ1) is 19.0. The molecule has 40 heavy (non-hydrogen) atoms. The van der Waals surface area contributed by atoms with E-state index in [1.165, 1.54) is 17.7 Å². The van der Waals surface area contributed by atoms with Crippen molar-refractivity contribution in [3.05, 3.63) is 101 Å². The van der Waals surface area contributed by atoms with Gasteiger partial charge in [0.15, 0.2) is 0 Å². The summed E-state index contributed by atoms with van der Waals surface area (Å²) in [7, 11) is 5.16. The maximum absolute atomic E-state index is 13.8. The first kappa shape index (κ1) is 32.4. The third-order valence-electron chi connectivity index (χ3n) is 6.80. The summed E-state index contributed by atoms with van der Waals surface area (Å²) in [5.41, 5.74) is 5.47. The predicted molar refractivity (Wildman–Crippen MR) is 162 cm³/mol. The maximum atomic E-state index is 13.8. The molecular formula is C32H46FN5O2. The molecule has 2 heterocycles. The van der Waals surface area contributed by atoms with Gasteiger partial charge in [-0.2, -0.15) is 0 Å². The highest BCUT2D eigenvalue weighted by atomic mass is 19.1. The normalized spacial score (nSPS) is 16.6. The summed E-state index contributed by atoms with van der Waals surface area (Å²) >= 11 is 0. The third-order valence-corrected chi connectivity index (χ3v) is 6.80. The fourth-order valence-corrected chi connectivity index (χ4v) is 4.52. The number of hydrogen-bond donors (Lipinski definition) is 1. The topological polar surface area (TPSA) is 62.6 Å². The molecule has 8 heteroatoms. The molecule has 1 aromatic rings. The number of methoxy groups -OCH3 is 1. The van der Waals surface area contributed by atoms with Crippen LogP contribution in [-0.4, -0.2) is 66.1 Å². The van der Waals surface area contributed by atoms with Crippen LogP contribution in [0.3, 0.4) is 0 Å². The molecule has 1 aliphatic heterocycles. The van der Waals surface area contributed by atoms with Gasteiger partial charge in [0.2, 0.25) is 0 Å². The Morgan fingerprint density at radius 2 is 2.02 bits per heavy atom. The Bertz CT molecular complexity index is 1230. The van der Waals surface area contributed by atoms with Crippen LogP contribution in [0.25, 0.3) is 0 Å². The second kappa shape index (κ2) is 15.7. The van der Waals surface area contributed by atoms with Gasteiger partial charge >= 0.3 is 0 Å². The zero-order valence-electron chi connectivity index (χ0n) is 25.4. The van der Waals surface area contributed by atoms with Crippen molar-refractivity contribution < 1.29 is 13.9 Å². The van der Waals surface area contributed by atoms with Gasteiger partial charge in [-0.15, -0.1) is 0 Å². The standard InChI is InChI=1S/C32H46FN5O2/c1-10-27(20-29(40-9)26(6)38-21-25(5)35-22-38)19-23(3)13-12-17-37-18-16-34-30(32(39)36(7)8)31(37)24(4)14-15-28(33)11-2/h10-11,14-15,19-22,26,34H,2,12-13,16-18H2,1,3-9H3/b23-19+,24-14+,27-10-,28-15+,29-20+. The molecule has 1 N–H and O–H groups in total. The summed E-state index contributed by atoms with van der Waals surface area (Å²) < 4.78 is 21.5. The Hall–Kier alpha value is -3.81. The molecule has 1 aliphatic rings. The highest BCUT2D eigenvalue weighted by molar-refractivity contribution is 5.94. The molecule has 7 nitrogen and oxygen atoms in total. The number of likely N-dealkylation sites (N-methyl/N-ethyl adjacent to an activating group) is 1. The second-order valence-corrected chi connectivity index (χ2v) is 10.2. The first-order valence-corrected chi connectivity index (χ1v) is 13.7. The molecule has 2 rings (SSSR count). The van der Waals surface area contributed by atoms with Gasteiger partial charge in [-0.1, -0.05) is 30.4 Å². The minimum atomic E-state index is -0.420. The molecule has 1 amide bonds. The van der Waals surface area contributed by atoms with Gasteiger partial charge in [-0.05, 0) is 76.8 Å². The SMILES string of the molecule is C=C/C(F)=C\C=C(/C)C1=C(C(=O)N(C)C)NCCN1CCC/C(C)=C/C(=C/C)/C=C(/OC)C(C)n1cnc(C)c1. The zero-order chi connectivity index (χ0) is 29.8. The Morgan fingerprint density at radius 3 is 2.60 bits per heavy atom. The average molecular weight is 552 g/mol. The summed E-state index contributed by atoms with van der Waals surface area (Å²) in [6, 6.07) is 0.0259. The van der Waals surface area contributed by atoms with Crippen LogP contribution in [0.15, 0.2) is 95.3 Å². The van der Waals surface area contributed by atoms with E-state index in [9.17, 15) is 9.18 Å². The van der Waals surface area contributed by atoms with E-state index in [1.54, 1.807) is 32.2 Å². The minimum absolute atomic E-state index is 0.0259. The maximum Gasteiger partial charge on any atom is 0.271 e. The van der Waals surface area contributed by atoms with E-state index in [0.29, 0.717) is 12.2 Å². The van der Waals surface area contributed by atoms with Gasteiger partial charge in [-0.25, -0.2) is 9.37 Å². The van der Waals surface area contributed by atoms with Crippen LogP contribution < -0.4 is 5.32 Å². The van der Waals surface area contributed by atoms with E-state index in [2.05, 4.69) is 53.9 Å². The van der Waals surface area contributed by atoms with Crippen LogP contribution in [0.4, 0.5) is 4.39 Å². The van der Waals surface area contributed by atoms with Crippen molar-refractivity contribution in [3.8, 4) is 0 Å². The lowest BCUT2D eigenvalue weighted by Gasteiger charge is -2.35. The molecule has 0 radical (unpaired) electrons. The summed E-state index contributed by atoms with van der Waals surface area (Å²) in [5, 5.41) is 3.27. The molecule has 0 bridgehead atoms. The number of hydrogen-bond acceptors (Lipinski definition) is 5. The molecule has 0 saturated heterocycles. The van der Waals surface area contributed by atoms with Gasteiger partial charge in [0, 0.05) is 39.9 Å². The quantitative estimate of drug-likeness (QED) is 0.236. The van der Waals surface area contributed by atoms with Crippen LogP contribution in [-0.2, 0) is 9.53 Å². The molecule has 1 unspecified atom stereocenters. The van der Waals surface area contributed by atoms with Crippen LogP contribution in [0, 0.1) is 6.92 Å². The van der Waals surface area contributed by atoms with E-state index >= 15 is 0 Å². The van der Waals surface area contributed by atoms with Crippen molar-refractivity contribution >= 4 is 5.91 Å². The van der Waals surface area contributed by atoms with E-state index in [-0.39, 0.29) is 11.9 Å². The molecule has 218 valence electrons. The van der Waals surface area contributed by atoms with Gasteiger partial charge in [0.05, 0.1) is 30.9 Å². The van der Waals surface area contributed by atoms with Gasteiger partial charge in [0.25, 0.3) is 5.91 Å². The second-order valence-electron chi connectivity index (χ2n) is 10.2. The number of halogens is 1. The summed E-state index contributed by atoms with van der Waals surface area (Å²) in [4.78, 5) is 21.1. The monoisotopic (exact) mass is 551 g/mol. The Kier molecular flexibility index (Phi) is 12.7. The van der Waals surface area contributed by atoms with Crippen molar-refractivity contribution in [1.29, 1.82) is 0 Å². The van der Waals surface area contributed by atoms with Gasteiger partial charge in [0.1, 0.15) is 17.3 Å².